The number of ether oxygens (including phenoxy) is 1. The summed E-state index contributed by atoms with van der Waals surface area (Å²) in [6.45, 7) is 7.83. The van der Waals surface area contributed by atoms with E-state index in [2.05, 4.69) is 5.10 Å². The maximum absolute atomic E-state index is 13.0. The molecule has 0 bridgehead atoms. The molecule has 2 unspecified atom stereocenters. The average molecular weight is 404 g/mol. The number of amides is 1. The first-order chi connectivity index (χ1) is 12.9. The topological polar surface area (TPSA) is 47.4 Å². The van der Waals surface area contributed by atoms with Gasteiger partial charge in [0.25, 0.3) is 5.91 Å². The van der Waals surface area contributed by atoms with Crippen LogP contribution in [0.15, 0.2) is 30.3 Å². The Hall–Kier alpha value is -1.89. The van der Waals surface area contributed by atoms with E-state index in [1.165, 1.54) is 11.3 Å². The number of benzene rings is 1. The second-order valence-electron chi connectivity index (χ2n) is 7.13. The first kappa shape index (κ1) is 18.5. The minimum atomic E-state index is 0.0597. The van der Waals surface area contributed by atoms with Crippen molar-refractivity contribution in [2.45, 2.75) is 39.5 Å². The van der Waals surface area contributed by atoms with Crippen LogP contribution in [0, 0.1) is 6.92 Å². The summed E-state index contributed by atoms with van der Waals surface area (Å²) in [6.07, 6.45) is 0.119. The lowest BCUT2D eigenvalue weighted by Crippen LogP contribution is -2.48. The summed E-state index contributed by atoms with van der Waals surface area (Å²) < 4.78 is 7.69. The molecule has 2 atom stereocenters. The maximum atomic E-state index is 13.0. The molecule has 142 valence electrons. The minimum absolute atomic E-state index is 0.0597. The van der Waals surface area contributed by atoms with E-state index in [0.717, 1.165) is 31.4 Å². The Morgan fingerprint density at radius 3 is 2.70 bits per heavy atom. The number of rotatable bonds is 3. The van der Waals surface area contributed by atoms with Crippen LogP contribution >= 0.6 is 22.9 Å². The van der Waals surface area contributed by atoms with E-state index < -0.39 is 0 Å². The van der Waals surface area contributed by atoms with E-state index in [1.807, 2.05) is 60.7 Å². The molecule has 7 heteroatoms. The molecule has 3 heterocycles. The van der Waals surface area contributed by atoms with E-state index in [0.29, 0.717) is 19.6 Å². The summed E-state index contributed by atoms with van der Waals surface area (Å²) in [5.74, 6) is 0.0712. The Bertz CT molecular complexity index is 986. The highest BCUT2D eigenvalue weighted by Gasteiger charge is 2.28. The normalized spacial score (nSPS) is 20.4. The van der Waals surface area contributed by atoms with E-state index >= 15 is 0 Å². The van der Waals surface area contributed by atoms with Crippen LogP contribution in [0.4, 0.5) is 0 Å². The molecule has 1 aliphatic rings. The van der Waals surface area contributed by atoms with Crippen LogP contribution in [-0.2, 0) is 11.3 Å². The van der Waals surface area contributed by atoms with Crippen LogP contribution < -0.4 is 0 Å². The zero-order valence-corrected chi connectivity index (χ0v) is 17.2. The van der Waals surface area contributed by atoms with Gasteiger partial charge >= 0.3 is 0 Å². The Morgan fingerprint density at radius 1 is 1.30 bits per heavy atom. The van der Waals surface area contributed by atoms with Gasteiger partial charge in [-0.2, -0.15) is 5.10 Å². The third kappa shape index (κ3) is 3.61. The molecule has 1 amide bonds. The standard InChI is InChI=1S/C20H22ClN3O2S/c1-12-9-23(10-13(2)26-12)19(25)18-8-16-14(3)22-24(20(16)27-18)11-15-6-4-5-7-17(15)21/h4-8,12-13H,9-11H2,1-3H3. The number of nitrogens with zero attached hydrogens (tertiary/aromatic N) is 3. The van der Waals surface area contributed by atoms with E-state index in [9.17, 15) is 4.79 Å². The third-order valence-corrected chi connectivity index (χ3v) is 6.31. The lowest BCUT2D eigenvalue weighted by Gasteiger charge is -2.35. The van der Waals surface area contributed by atoms with Crippen molar-refractivity contribution in [2.75, 3.05) is 13.1 Å². The van der Waals surface area contributed by atoms with Crippen molar-refractivity contribution < 1.29 is 9.53 Å². The Kier molecular flexibility index (Phi) is 4.97. The molecule has 0 spiro atoms. The molecular weight excluding hydrogens is 382 g/mol. The van der Waals surface area contributed by atoms with Crippen LogP contribution in [0.25, 0.3) is 10.2 Å². The van der Waals surface area contributed by atoms with Crippen LogP contribution in [-0.4, -0.2) is 45.9 Å². The number of carbonyl (C=O) groups is 1. The Morgan fingerprint density at radius 2 is 2.00 bits per heavy atom. The third-order valence-electron chi connectivity index (χ3n) is 4.80. The lowest BCUT2D eigenvalue weighted by atomic mass is 10.2. The van der Waals surface area contributed by atoms with E-state index in [1.54, 1.807) is 0 Å². The first-order valence-electron chi connectivity index (χ1n) is 9.07. The summed E-state index contributed by atoms with van der Waals surface area (Å²) in [4.78, 5) is 16.7. The quantitative estimate of drug-likeness (QED) is 0.652. The molecule has 0 aliphatic carbocycles. The predicted octanol–water partition coefficient (Wildman–Crippen LogP) is 4.36. The number of carbonyl (C=O) groups excluding carboxylic acids is 1. The van der Waals surface area contributed by atoms with Gasteiger partial charge in [0.05, 0.1) is 29.3 Å². The Balaban J connectivity index is 1.64. The highest BCUT2D eigenvalue weighted by molar-refractivity contribution is 7.20. The van der Waals surface area contributed by atoms with Gasteiger partial charge in [-0.25, -0.2) is 0 Å². The number of fused-ring (bicyclic) bond motifs is 1. The van der Waals surface area contributed by atoms with Crippen molar-refractivity contribution in [1.82, 2.24) is 14.7 Å². The number of hydrogen-bond acceptors (Lipinski definition) is 4. The zero-order chi connectivity index (χ0) is 19.1. The van der Waals surface area contributed by atoms with Crippen molar-refractivity contribution >= 4 is 39.1 Å². The summed E-state index contributed by atoms with van der Waals surface area (Å²) in [5, 5.41) is 6.40. The molecule has 4 rings (SSSR count). The average Bonchev–Trinajstić information content (AvgIpc) is 3.17. The zero-order valence-electron chi connectivity index (χ0n) is 15.6. The molecular formula is C20H22ClN3O2S. The van der Waals surface area contributed by atoms with Gasteiger partial charge in [-0.1, -0.05) is 29.8 Å². The van der Waals surface area contributed by atoms with Gasteiger partial charge in [0.1, 0.15) is 4.83 Å². The molecule has 1 aromatic carbocycles. The fourth-order valence-corrected chi connectivity index (χ4v) is 4.94. The van der Waals surface area contributed by atoms with Gasteiger partial charge in [0.2, 0.25) is 0 Å². The SMILES string of the molecule is Cc1nn(Cc2ccccc2Cl)c2sc(C(=O)N3CC(C)OC(C)C3)cc12. The maximum Gasteiger partial charge on any atom is 0.264 e. The van der Waals surface area contributed by atoms with Crippen LogP contribution in [0.1, 0.15) is 34.8 Å². The number of aryl methyl sites for hydroxylation is 1. The largest absolute Gasteiger partial charge is 0.372 e. The fraction of sp³-hybridized carbons (Fsp3) is 0.400. The molecule has 0 N–H and O–H groups in total. The predicted molar refractivity (Wildman–Crippen MR) is 109 cm³/mol. The van der Waals surface area contributed by atoms with Gasteiger partial charge in [-0.15, -0.1) is 11.3 Å². The minimum Gasteiger partial charge on any atom is -0.372 e. The van der Waals surface area contributed by atoms with Gasteiger partial charge < -0.3 is 9.64 Å². The summed E-state index contributed by atoms with van der Waals surface area (Å²) >= 11 is 7.81. The van der Waals surface area contributed by atoms with Crippen molar-refractivity contribution in [3.05, 3.63) is 51.5 Å². The summed E-state index contributed by atoms with van der Waals surface area (Å²) in [7, 11) is 0. The molecule has 5 nitrogen and oxygen atoms in total. The highest BCUT2D eigenvalue weighted by Crippen LogP contribution is 2.31. The second kappa shape index (κ2) is 7.26. The van der Waals surface area contributed by atoms with Gasteiger partial charge in [-0.3, -0.25) is 9.48 Å². The number of halogens is 1. The van der Waals surface area contributed by atoms with Gasteiger partial charge in [-0.05, 0) is 38.5 Å². The summed E-state index contributed by atoms with van der Waals surface area (Å²) in [5.41, 5.74) is 1.94. The van der Waals surface area contributed by atoms with E-state index in [4.69, 9.17) is 16.3 Å². The molecule has 0 radical (unpaired) electrons. The monoisotopic (exact) mass is 403 g/mol. The van der Waals surface area contributed by atoms with Crippen LogP contribution in [0.2, 0.25) is 5.02 Å². The van der Waals surface area contributed by atoms with Crippen molar-refractivity contribution in [1.29, 1.82) is 0 Å². The van der Waals surface area contributed by atoms with Crippen molar-refractivity contribution in [3.8, 4) is 0 Å². The van der Waals surface area contributed by atoms with Crippen LogP contribution in [0.5, 0.6) is 0 Å². The van der Waals surface area contributed by atoms with Crippen molar-refractivity contribution in [2.24, 2.45) is 0 Å². The Labute approximate surface area is 167 Å². The molecule has 1 saturated heterocycles. The number of hydrogen-bond donors (Lipinski definition) is 0. The van der Waals surface area contributed by atoms with Gasteiger partial charge in [0.15, 0.2) is 0 Å². The first-order valence-corrected chi connectivity index (χ1v) is 10.3. The fourth-order valence-electron chi connectivity index (χ4n) is 3.61. The highest BCUT2D eigenvalue weighted by atomic mass is 35.5. The molecule has 0 saturated carbocycles. The molecule has 27 heavy (non-hydrogen) atoms. The smallest absolute Gasteiger partial charge is 0.264 e. The molecule has 1 fully saturated rings. The van der Waals surface area contributed by atoms with E-state index in [-0.39, 0.29) is 18.1 Å². The molecule has 2 aromatic heterocycles. The van der Waals surface area contributed by atoms with Crippen molar-refractivity contribution in [3.63, 3.8) is 0 Å². The number of morpholine rings is 1. The number of aromatic nitrogens is 2. The van der Waals surface area contributed by atoms with Gasteiger partial charge in [0, 0.05) is 23.5 Å². The molecule has 3 aromatic rings. The molecule has 1 aliphatic heterocycles. The summed E-state index contributed by atoms with van der Waals surface area (Å²) in [6, 6.07) is 9.75. The lowest BCUT2D eigenvalue weighted by molar-refractivity contribution is -0.0585. The second-order valence-corrected chi connectivity index (χ2v) is 8.57. The van der Waals surface area contributed by atoms with Crippen LogP contribution in [0.3, 0.4) is 0 Å². The number of thiophene rings is 1.